The van der Waals surface area contributed by atoms with Crippen LogP contribution in [0, 0.1) is 5.41 Å². The summed E-state index contributed by atoms with van der Waals surface area (Å²) in [7, 11) is 0. The van der Waals surface area contributed by atoms with Crippen molar-refractivity contribution in [2.24, 2.45) is 5.41 Å². The fraction of sp³-hybridized carbons (Fsp3) is 0.929. The van der Waals surface area contributed by atoms with Crippen LogP contribution in [-0.2, 0) is 4.79 Å². The zero-order valence-corrected chi connectivity index (χ0v) is 11.2. The Morgan fingerprint density at radius 3 is 2.35 bits per heavy atom. The number of hydrogen-bond acceptors (Lipinski definition) is 2. The lowest BCUT2D eigenvalue weighted by molar-refractivity contribution is -0.167. The van der Waals surface area contributed by atoms with Gasteiger partial charge in [0.15, 0.2) is 0 Å². The van der Waals surface area contributed by atoms with Crippen molar-refractivity contribution in [2.75, 3.05) is 13.1 Å². The van der Waals surface area contributed by atoms with Gasteiger partial charge in [0, 0.05) is 5.41 Å². The Hall–Kier alpha value is -0.570. The molecule has 2 fully saturated rings. The number of carbonyl (C=O) groups excluding carboxylic acids is 1. The van der Waals surface area contributed by atoms with Crippen LogP contribution in [0.15, 0.2) is 0 Å². The van der Waals surface area contributed by atoms with Gasteiger partial charge in [0.25, 0.3) is 0 Å². The smallest absolute Gasteiger partial charge is 0.228 e. The summed E-state index contributed by atoms with van der Waals surface area (Å²) in [4.78, 5) is 14.3. The molecule has 1 N–H and O–H groups in total. The Kier molecular flexibility index (Phi) is 3.48. The molecule has 2 rings (SSSR count). The van der Waals surface area contributed by atoms with Gasteiger partial charge in [-0.3, -0.25) is 4.79 Å². The average Bonchev–Trinajstić information content (AvgIpc) is 2.26. The number of hydrogen-bond donors (Lipinski definition) is 1. The van der Waals surface area contributed by atoms with E-state index in [1.165, 1.54) is 19.3 Å². The summed E-state index contributed by atoms with van der Waals surface area (Å²) in [5, 5.41) is 10.1. The molecule has 1 heterocycles. The van der Waals surface area contributed by atoms with Crippen molar-refractivity contribution >= 4 is 5.91 Å². The summed E-state index contributed by atoms with van der Waals surface area (Å²) in [6, 6.07) is 0. The topological polar surface area (TPSA) is 40.5 Å². The molecule has 2 aliphatic rings. The minimum atomic E-state index is -0.588. The van der Waals surface area contributed by atoms with E-state index in [1.54, 1.807) is 0 Å². The molecule has 0 spiro atoms. The fourth-order valence-corrected chi connectivity index (χ4v) is 3.36. The standard InChI is InChI=1S/C14H25NO2/c1-3-7-14(17)10-15(11-14)12(16)13(2)8-5-4-6-9-13/h17H,3-11H2,1-2H3. The summed E-state index contributed by atoms with van der Waals surface area (Å²) in [5.41, 5.74) is -0.735. The summed E-state index contributed by atoms with van der Waals surface area (Å²) in [5.74, 6) is 0.276. The van der Waals surface area contributed by atoms with Crippen molar-refractivity contribution in [1.29, 1.82) is 0 Å². The molecule has 3 heteroatoms. The number of likely N-dealkylation sites (tertiary alicyclic amines) is 1. The molecule has 0 radical (unpaired) electrons. The Morgan fingerprint density at radius 1 is 1.24 bits per heavy atom. The first kappa shape index (κ1) is 12.9. The van der Waals surface area contributed by atoms with Gasteiger partial charge >= 0.3 is 0 Å². The highest BCUT2D eigenvalue weighted by molar-refractivity contribution is 5.83. The molecule has 98 valence electrons. The van der Waals surface area contributed by atoms with Crippen LogP contribution in [0.5, 0.6) is 0 Å². The lowest BCUT2D eigenvalue weighted by Crippen LogP contribution is -2.65. The number of rotatable bonds is 3. The highest BCUT2D eigenvalue weighted by atomic mass is 16.3. The van der Waals surface area contributed by atoms with Gasteiger partial charge in [-0.25, -0.2) is 0 Å². The second kappa shape index (κ2) is 4.60. The first-order chi connectivity index (χ1) is 7.99. The van der Waals surface area contributed by atoms with E-state index in [4.69, 9.17) is 0 Å². The van der Waals surface area contributed by atoms with E-state index in [0.29, 0.717) is 13.1 Å². The first-order valence-corrected chi connectivity index (χ1v) is 7.01. The Bertz CT molecular complexity index is 289. The Balaban J connectivity index is 1.90. The SMILES string of the molecule is CCCC1(O)CN(C(=O)C2(C)CCCCC2)C1. The maximum atomic E-state index is 12.4. The molecule has 0 aromatic heterocycles. The minimum Gasteiger partial charge on any atom is -0.386 e. The third kappa shape index (κ3) is 2.49. The van der Waals surface area contributed by atoms with Crippen molar-refractivity contribution in [3.8, 4) is 0 Å². The second-order valence-corrected chi connectivity index (χ2v) is 6.26. The second-order valence-electron chi connectivity index (χ2n) is 6.26. The van der Waals surface area contributed by atoms with Crippen LogP contribution in [0.2, 0.25) is 0 Å². The van der Waals surface area contributed by atoms with Crippen molar-refractivity contribution in [3.05, 3.63) is 0 Å². The van der Waals surface area contributed by atoms with Crippen molar-refractivity contribution in [3.63, 3.8) is 0 Å². The van der Waals surface area contributed by atoms with Crippen molar-refractivity contribution in [2.45, 2.75) is 64.4 Å². The van der Waals surface area contributed by atoms with Gasteiger partial charge < -0.3 is 10.0 Å². The molecule has 1 saturated heterocycles. The van der Waals surface area contributed by atoms with E-state index in [9.17, 15) is 9.90 Å². The third-order valence-corrected chi connectivity index (χ3v) is 4.45. The van der Waals surface area contributed by atoms with E-state index in [-0.39, 0.29) is 11.3 Å². The van der Waals surface area contributed by atoms with Gasteiger partial charge in [-0.05, 0) is 19.3 Å². The number of β-amino-alcohol motifs (C(OH)–C–C–N with tert-alkyl or cyclic N) is 1. The molecule has 1 saturated carbocycles. The van der Waals surface area contributed by atoms with Crippen LogP contribution in [0.4, 0.5) is 0 Å². The zero-order valence-electron chi connectivity index (χ0n) is 11.2. The molecule has 1 aliphatic heterocycles. The Morgan fingerprint density at radius 2 is 1.82 bits per heavy atom. The lowest BCUT2D eigenvalue weighted by Gasteiger charge is -2.50. The highest BCUT2D eigenvalue weighted by Gasteiger charge is 2.47. The maximum Gasteiger partial charge on any atom is 0.228 e. The van der Waals surface area contributed by atoms with Gasteiger partial charge in [-0.1, -0.05) is 39.5 Å². The van der Waals surface area contributed by atoms with Crippen LogP contribution < -0.4 is 0 Å². The average molecular weight is 239 g/mol. The van der Waals surface area contributed by atoms with Gasteiger partial charge in [-0.15, -0.1) is 0 Å². The van der Waals surface area contributed by atoms with Gasteiger partial charge in [0.2, 0.25) is 5.91 Å². The van der Waals surface area contributed by atoms with E-state index in [0.717, 1.165) is 25.7 Å². The normalized spacial score (nSPS) is 26.4. The van der Waals surface area contributed by atoms with Crippen LogP contribution in [0.3, 0.4) is 0 Å². The van der Waals surface area contributed by atoms with Gasteiger partial charge in [0.05, 0.1) is 18.7 Å². The number of amides is 1. The molecule has 17 heavy (non-hydrogen) atoms. The monoisotopic (exact) mass is 239 g/mol. The molecular formula is C14H25NO2. The van der Waals surface area contributed by atoms with Crippen molar-refractivity contribution < 1.29 is 9.90 Å². The first-order valence-electron chi connectivity index (χ1n) is 7.01. The fourth-order valence-electron chi connectivity index (χ4n) is 3.36. The van der Waals surface area contributed by atoms with Gasteiger partial charge in [0.1, 0.15) is 0 Å². The Labute approximate surface area is 104 Å². The predicted molar refractivity (Wildman–Crippen MR) is 67.6 cm³/mol. The summed E-state index contributed by atoms with van der Waals surface area (Å²) >= 11 is 0. The molecule has 0 aromatic carbocycles. The molecule has 0 unspecified atom stereocenters. The van der Waals surface area contributed by atoms with E-state index in [2.05, 4.69) is 13.8 Å². The highest BCUT2D eigenvalue weighted by Crippen LogP contribution is 2.40. The molecule has 0 aromatic rings. The van der Waals surface area contributed by atoms with Crippen molar-refractivity contribution in [1.82, 2.24) is 4.90 Å². The van der Waals surface area contributed by atoms with Crippen LogP contribution in [0.1, 0.15) is 58.8 Å². The summed E-state index contributed by atoms with van der Waals surface area (Å²) < 4.78 is 0. The van der Waals surface area contributed by atoms with Crippen LogP contribution >= 0.6 is 0 Å². The molecule has 3 nitrogen and oxygen atoms in total. The molecule has 1 amide bonds. The third-order valence-electron chi connectivity index (χ3n) is 4.45. The molecular weight excluding hydrogens is 214 g/mol. The van der Waals surface area contributed by atoms with E-state index >= 15 is 0 Å². The lowest BCUT2D eigenvalue weighted by atomic mass is 9.73. The largest absolute Gasteiger partial charge is 0.386 e. The quantitative estimate of drug-likeness (QED) is 0.821. The molecule has 0 atom stereocenters. The minimum absolute atomic E-state index is 0.147. The van der Waals surface area contributed by atoms with Gasteiger partial charge in [-0.2, -0.15) is 0 Å². The molecule has 1 aliphatic carbocycles. The van der Waals surface area contributed by atoms with E-state index < -0.39 is 5.60 Å². The molecule has 0 bridgehead atoms. The predicted octanol–water partition coefficient (Wildman–Crippen LogP) is 2.33. The number of aliphatic hydroxyl groups is 1. The van der Waals surface area contributed by atoms with Crippen LogP contribution in [0.25, 0.3) is 0 Å². The maximum absolute atomic E-state index is 12.4. The zero-order chi connectivity index (χ0) is 12.5. The number of nitrogens with zero attached hydrogens (tertiary/aromatic N) is 1. The van der Waals surface area contributed by atoms with E-state index in [1.807, 2.05) is 4.90 Å². The summed E-state index contributed by atoms with van der Waals surface area (Å²) in [6.07, 6.45) is 7.46. The summed E-state index contributed by atoms with van der Waals surface area (Å²) in [6.45, 7) is 5.28. The number of carbonyl (C=O) groups is 1. The van der Waals surface area contributed by atoms with Crippen LogP contribution in [-0.4, -0.2) is 34.6 Å².